The number of nitro benzene ring substituents is 2. The van der Waals surface area contributed by atoms with Crippen molar-refractivity contribution in [1.29, 1.82) is 0 Å². The molecule has 1 aromatic heterocycles. The van der Waals surface area contributed by atoms with Gasteiger partial charge in [0.25, 0.3) is 17.3 Å². The fraction of sp³-hybridized carbons (Fsp3) is 0.192. The van der Waals surface area contributed by atoms with Crippen LogP contribution in [0.15, 0.2) is 66.9 Å². The molecule has 0 saturated carbocycles. The van der Waals surface area contributed by atoms with Crippen molar-refractivity contribution in [3.63, 3.8) is 0 Å². The van der Waals surface area contributed by atoms with Crippen molar-refractivity contribution in [3.8, 4) is 0 Å². The van der Waals surface area contributed by atoms with E-state index < -0.39 is 27.1 Å². The molecule has 2 N–H and O–H groups in total. The third-order valence-electron chi connectivity index (χ3n) is 6.29. The maximum Gasteiger partial charge on any atom is 0.279 e. The summed E-state index contributed by atoms with van der Waals surface area (Å²) in [5.74, 6) is -0.857. The molecule has 10 heteroatoms. The number of rotatable bonds is 8. The molecule has 4 aromatic rings. The summed E-state index contributed by atoms with van der Waals surface area (Å²) in [6.45, 7) is 1.59. The number of nitro groups is 2. The molecule has 184 valence electrons. The highest BCUT2D eigenvalue weighted by molar-refractivity contribution is 5.97. The van der Waals surface area contributed by atoms with Crippen molar-refractivity contribution >= 4 is 33.9 Å². The van der Waals surface area contributed by atoms with Crippen LogP contribution in [0.3, 0.4) is 0 Å². The lowest BCUT2D eigenvalue weighted by molar-refractivity contribution is -0.394. The summed E-state index contributed by atoms with van der Waals surface area (Å²) in [7, 11) is 3.90. The molecule has 0 fully saturated rings. The second-order valence-corrected chi connectivity index (χ2v) is 8.69. The molecule has 0 bridgehead atoms. The third kappa shape index (κ3) is 4.74. The van der Waals surface area contributed by atoms with Crippen molar-refractivity contribution in [2.75, 3.05) is 25.5 Å². The number of hydrogen-bond acceptors (Lipinski definition) is 6. The van der Waals surface area contributed by atoms with Gasteiger partial charge in [-0.15, -0.1) is 0 Å². The first-order valence-electron chi connectivity index (χ1n) is 11.2. The van der Waals surface area contributed by atoms with E-state index in [4.69, 9.17) is 0 Å². The molecule has 10 nitrogen and oxygen atoms in total. The highest BCUT2D eigenvalue weighted by Crippen LogP contribution is 2.32. The number of nitrogens with zero attached hydrogens (tertiary/aromatic N) is 3. The Morgan fingerprint density at radius 3 is 2.36 bits per heavy atom. The molecular formula is C26H25N5O5. The average molecular weight is 488 g/mol. The molecular weight excluding hydrogens is 462 g/mol. The molecule has 0 spiro atoms. The number of amides is 1. The number of aromatic amines is 1. The highest BCUT2D eigenvalue weighted by Gasteiger charge is 2.26. The monoisotopic (exact) mass is 487 g/mol. The van der Waals surface area contributed by atoms with Crippen molar-refractivity contribution < 1.29 is 14.6 Å². The number of para-hydroxylation sites is 1. The van der Waals surface area contributed by atoms with Gasteiger partial charge >= 0.3 is 0 Å². The molecule has 0 aliphatic heterocycles. The van der Waals surface area contributed by atoms with E-state index in [9.17, 15) is 25.0 Å². The largest absolute Gasteiger partial charge is 0.378 e. The second kappa shape index (κ2) is 9.87. The van der Waals surface area contributed by atoms with Gasteiger partial charge < -0.3 is 15.2 Å². The summed E-state index contributed by atoms with van der Waals surface area (Å²) in [6, 6.07) is 17.8. The minimum atomic E-state index is -0.746. The first-order valence-corrected chi connectivity index (χ1v) is 11.2. The molecule has 3 aromatic carbocycles. The number of carbonyl (C=O) groups is 1. The molecule has 0 aliphatic rings. The van der Waals surface area contributed by atoms with E-state index in [1.807, 2.05) is 73.7 Å². The van der Waals surface area contributed by atoms with Crippen LogP contribution in [0.5, 0.6) is 0 Å². The number of anilines is 1. The first kappa shape index (κ1) is 24.4. The zero-order valence-electron chi connectivity index (χ0n) is 20.0. The number of carbonyl (C=O) groups excluding carboxylic acids is 1. The van der Waals surface area contributed by atoms with Crippen LogP contribution in [0.1, 0.15) is 33.0 Å². The quantitative estimate of drug-likeness (QED) is 0.268. The van der Waals surface area contributed by atoms with Gasteiger partial charge in [0.15, 0.2) is 0 Å². The van der Waals surface area contributed by atoms with Crippen molar-refractivity contribution in [2.24, 2.45) is 0 Å². The molecule has 36 heavy (non-hydrogen) atoms. The van der Waals surface area contributed by atoms with Crippen LogP contribution in [-0.4, -0.2) is 41.4 Å². The Hall–Kier alpha value is -4.73. The number of benzene rings is 3. The first-order chi connectivity index (χ1) is 17.2. The smallest absolute Gasteiger partial charge is 0.279 e. The van der Waals surface area contributed by atoms with Gasteiger partial charge in [-0.05, 0) is 36.2 Å². The lowest BCUT2D eigenvalue weighted by Gasteiger charge is -2.20. The summed E-state index contributed by atoms with van der Waals surface area (Å²) in [6.07, 6.45) is 1.91. The van der Waals surface area contributed by atoms with E-state index in [0.29, 0.717) is 0 Å². The van der Waals surface area contributed by atoms with E-state index in [-0.39, 0.29) is 23.6 Å². The fourth-order valence-corrected chi connectivity index (χ4v) is 4.30. The van der Waals surface area contributed by atoms with Gasteiger partial charge in [0.2, 0.25) is 0 Å². The van der Waals surface area contributed by atoms with Crippen molar-refractivity contribution in [2.45, 2.75) is 12.8 Å². The molecule has 4 rings (SSSR count). The molecule has 1 heterocycles. The summed E-state index contributed by atoms with van der Waals surface area (Å²) in [5, 5.41) is 26.6. The normalized spacial score (nSPS) is 11.8. The highest BCUT2D eigenvalue weighted by atomic mass is 16.6. The van der Waals surface area contributed by atoms with Crippen LogP contribution in [0.4, 0.5) is 17.1 Å². The molecule has 1 unspecified atom stereocenters. The van der Waals surface area contributed by atoms with E-state index in [0.717, 1.165) is 39.8 Å². The zero-order chi connectivity index (χ0) is 26.0. The maximum absolute atomic E-state index is 13.2. The van der Waals surface area contributed by atoms with Crippen LogP contribution >= 0.6 is 0 Å². The Balaban J connectivity index is 1.70. The van der Waals surface area contributed by atoms with E-state index in [1.54, 1.807) is 0 Å². The van der Waals surface area contributed by atoms with Gasteiger partial charge in [-0.3, -0.25) is 25.0 Å². The molecule has 0 aliphatic carbocycles. The second-order valence-electron chi connectivity index (χ2n) is 8.69. The predicted molar refractivity (Wildman–Crippen MR) is 138 cm³/mol. The topological polar surface area (TPSA) is 134 Å². The Bertz CT molecular complexity index is 1460. The third-order valence-corrected chi connectivity index (χ3v) is 6.29. The molecule has 0 saturated heterocycles. The number of non-ortho nitro benzene ring substituents is 1. The maximum atomic E-state index is 13.2. The molecule has 1 amide bonds. The summed E-state index contributed by atoms with van der Waals surface area (Å²) >= 11 is 0. The fourth-order valence-electron chi connectivity index (χ4n) is 4.30. The van der Waals surface area contributed by atoms with Crippen LogP contribution in [0.25, 0.3) is 10.9 Å². The van der Waals surface area contributed by atoms with Gasteiger partial charge in [0, 0.05) is 61.0 Å². The zero-order valence-corrected chi connectivity index (χ0v) is 20.0. The van der Waals surface area contributed by atoms with E-state index >= 15 is 0 Å². The van der Waals surface area contributed by atoms with Crippen LogP contribution in [-0.2, 0) is 0 Å². The predicted octanol–water partition coefficient (Wildman–Crippen LogP) is 4.92. The Labute approximate surface area is 206 Å². The summed E-state index contributed by atoms with van der Waals surface area (Å²) in [5.41, 5.74) is 2.92. The SMILES string of the molecule is Cc1c(C(=O)NCC(c2ccc(N(C)C)cc2)c2c[nH]c3ccccc23)cc([N+](=O)[O-])cc1[N+](=O)[O-]. The summed E-state index contributed by atoms with van der Waals surface area (Å²) < 4.78 is 0. The Kier molecular flexibility index (Phi) is 6.69. The van der Waals surface area contributed by atoms with Gasteiger partial charge in [0.05, 0.1) is 21.5 Å². The molecule has 1 atom stereocenters. The van der Waals surface area contributed by atoms with Gasteiger partial charge in [-0.2, -0.15) is 0 Å². The number of nitrogens with one attached hydrogen (secondary N) is 2. The average Bonchev–Trinajstić information content (AvgIpc) is 3.28. The van der Waals surface area contributed by atoms with E-state index in [1.165, 1.54) is 6.92 Å². The van der Waals surface area contributed by atoms with Crippen molar-refractivity contribution in [1.82, 2.24) is 10.3 Å². The number of aromatic nitrogens is 1. The van der Waals surface area contributed by atoms with Crippen LogP contribution in [0, 0.1) is 27.2 Å². The minimum Gasteiger partial charge on any atom is -0.378 e. The minimum absolute atomic E-state index is 0.0714. The van der Waals surface area contributed by atoms with Gasteiger partial charge in [-0.1, -0.05) is 30.3 Å². The lowest BCUT2D eigenvalue weighted by Crippen LogP contribution is -2.29. The standard InChI is InChI=1S/C26H25N5O5/c1-16-21(12-19(30(33)34)13-25(16)31(35)36)26(32)28-14-22(17-8-10-18(11-9-17)29(2)3)23-15-27-24-7-5-4-6-20(23)24/h4-13,15,22,27H,14H2,1-3H3,(H,28,32). The van der Waals surface area contributed by atoms with Crippen molar-refractivity contribution in [3.05, 3.63) is 109 Å². The lowest BCUT2D eigenvalue weighted by atomic mass is 9.90. The van der Waals surface area contributed by atoms with Gasteiger partial charge in [-0.25, -0.2) is 0 Å². The number of hydrogen-bond donors (Lipinski definition) is 2. The summed E-state index contributed by atoms with van der Waals surface area (Å²) in [4.78, 5) is 39.7. The van der Waals surface area contributed by atoms with Crippen LogP contribution in [0.2, 0.25) is 0 Å². The van der Waals surface area contributed by atoms with Crippen LogP contribution < -0.4 is 10.2 Å². The molecule has 0 radical (unpaired) electrons. The Morgan fingerprint density at radius 2 is 1.72 bits per heavy atom. The van der Waals surface area contributed by atoms with Gasteiger partial charge in [0.1, 0.15) is 0 Å². The van der Waals surface area contributed by atoms with E-state index in [2.05, 4.69) is 10.3 Å². The Morgan fingerprint density at radius 1 is 1.03 bits per heavy atom. The number of H-pyrrole nitrogens is 1. The number of fused-ring (bicyclic) bond motifs is 1.